The molecule has 4 rings (SSSR count). The molecule has 0 spiro atoms. The second-order valence-corrected chi connectivity index (χ2v) is 11.9. The van der Waals surface area contributed by atoms with Crippen LogP contribution in [0.1, 0.15) is 42.9 Å². The van der Waals surface area contributed by atoms with E-state index in [2.05, 4.69) is 10.0 Å². The molecule has 0 unspecified atom stereocenters. The fraction of sp³-hybridized carbons (Fsp3) is 0.333. The Labute approximate surface area is 235 Å². The number of benzene rings is 3. The van der Waals surface area contributed by atoms with Gasteiger partial charge < -0.3 is 10.2 Å². The van der Waals surface area contributed by atoms with Crippen molar-refractivity contribution in [3.8, 4) is 0 Å². The molecule has 1 saturated carbocycles. The van der Waals surface area contributed by atoms with Crippen LogP contribution in [0.2, 0.25) is 5.02 Å². The zero-order chi connectivity index (χ0) is 27.8. The number of aryl methyl sites for hydroxylation is 1. The minimum absolute atomic E-state index is 0.0349. The molecule has 0 bridgehead atoms. The number of nitrogens with zero attached hydrogens (tertiary/aromatic N) is 1. The predicted molar refractivity (Wildman–Crippen MR) is 153 cm³/mol. The first-order chi connectivity index (χ1) is 18.7. The molecule has 1 atom stereocenters. The second-order valence-electron chi connectivity index (χ2n) is 9.79. The highest BCUT2D eigenvalue weighted by Crippen LogP contribution is 2.23. The fourth-order valence-electron chi connectivity index (χ4n) is 4.35. The average Bonchev–Trinajstić information content (AvgIpc) is 3.74. The van der Waals surface area contributed by atoms with Gasteiger partial charge in [0.1, 0.15) is 6.04 Å². The molecule has 0 radical (unpaired) electrons. The van der Waals surface area contributed by atoms with Gasteiger partial charge in [0, 0.05) is 37.0 Å². The lowest BCUT2D eigenvalue weighted by Gasteiger charge is -2.31. The summed E-state index contributed by atoms with van der Waals surface area (Å²) in [5.74, 6) is -0.370. The van der Waals surface area contributed by atoms with Crippen molar-refractivity contribution in [2.45, 2.75) is 62.6 Å². The number of amides is 2. The molecular formula is C30H34ClN3O4S. The van der Waals surface area contributed by atoms with Crippen molar-refractivity contribution < 1.29 is 18.0 Å². The number of carbonyl (C=O) groups excluding carboxylic acids is 2. The van der Waals surface area contributed by atoms with Crippen LogP contribution in [0.15, 0.2) is 83.8 Å². The molecule has 7 nitrogen and oxygen atoms in total. The molecule has 206 valence electrons. The molecule has 1 aliphatic rings. The van der Waals surface area contributed by atoms with E-state index in [0.29, 0.717) is 24.4 Å². The van der Waals surface area contributed by atoms with E-state index in [1.54, 1.807) is 41.3 Å². The number of sulfonamides is 1. The lowest BCUT2D eigenvalue weighted by Crippen LogP contribution is -2.50. The molecule has 0 aromatic heterocycles. The normalized spacial score (nSPS) is 14.0. The number of likely N-dealkylation sites (N-methyl/N-ethyl adjacent to an activating group) is 1. The molecule has 2 N–H and O–H groups in total. The van der Waals surface area contributed by atoms with Crippen molar-refractivity contribution in [3.63, 3.8) is 0 Å². The highest BCUT2D eigenvalue weighted by molar-refractivity contribution is 7.89. The Morgan fingerprint density at radius 2 is 1.56 bits per heavy atom. The van der Waals surface area contributed by atoms with Gasteiger partial charge in [-0.1, -0.05) is 66.2 Å². The smallest absolute Gasteiger partial charge is 0.243 e. The number of nitrogens with one attached hydrogen (secondary N) is 2. The molecule has 3 aromatic rings. The molecular weight excluding hydrogens is 534 g/mol. The molecule has 3 aromatic carbocycles. The summed E-state index contributed by atoms with van der Waals surface area (Å²) in [6.45, 7) is 2.57. The third-order valence-electron chi connectivity index (χ3n) is 6.65. The number of hydrogen-bond donors (Lipinski definition) is 2. The molecule has 39 heavy (non-hydrogen) atoms. The van der Waals surface area contributed by atoms with Gasteiger partial charge >= 0.3 is 0 Å². The quantitative estimate of drug-likeness (QED) is 0.318. The molecule has 1 fully saturated rings. The van der Waals surface area contributed by atoms with Crippen LogP contribution >= 0.6 is 11.6 Å². The van der Waals surface area contributed by atoms with Gasteiger partial charge in [-0.2, -0.15) is 0 Å². The molecule has 0 heterocycles. The fourth-order valence-corrected chi connectivity index (χ4v) is 5.78. The first kappa shape index (κ1) is 28.8. The number of hydrogen-bond acceptors (Lipinski definition) is 4. The topological polar surface area (TPSA) is 95.6 Å². The van der Waals surface area contributed by atoms with Crippen molar-refractivity contribution in [3.05, 3.63) is 101 Å². The van der Waals surface area contributed by atoms with E-state index in [1.807, 2.05) is 49.4 Å². The van der Waals surface area contributed by atoms with Crippen molar-refractivity contribution in [1.82, 2.24) is 14.9 Å². The van der Waals surface area contributed by atoms with Gasteiger partial charge in [0.25, 0.3) is 0 Å². The third kappa shape index (κ3) is 8.39. The van der Waals surface area contributed by atoms with Crippen molar-refractivity contribution in [2.24, 2.45) is 0 Å². The minimum Gasteiger partial charge on any atom is -0.355 e. The Hall–Kier alpha value is -3.20. The van der Waals surface area contributed by atoms with E-state index in [-0.39, 0.29) is 35.7 Å². The van der Waals surface area contributed by atoms with Crippen molar-refractivity contribution in [1.29, 1.82) is 0 Å². The standard InChI is InChI=1S/C30H34ClN3O4S/c1-2-32-30(36)28(20-23-6-4-3-5-7-23)34(21-24-8-13-25(31)14-9-24)29(35)19-12-22-10-17-27(18-11-22)39(37,38)33-26-15-16-26/h3-11,13-14,17-18,26,28,33H,2,12,15-16,19-21H2,1H3,(H,32,36)/t28-/m1/s1. The lowest BCUT2D eigenvalue weighted by atomic mass is 10.0. The van der Waals surface area contributed by atoms with E-state index < -0.39 is 16.1 Å². The van der Waals surface area contributed by atoms with E-state index in [4.69, 9.17) is 11.6 Å². The minimum atomic E-state index is -3.53. The maximum atomic E-state index is 13.7. The average molecular weight is 568 g/mol. The Balaban J connectivity index is 1.52. The van der Waals surface area contributed by atoms with E-state index in [1.165, 1.54) is 0 Å². The summed E-state index contributed by atoms with van der Waals surface area (Å²) >= 11 is 6.07. The number of carbonyl (C=O) groups is 2. The van der Waals surface area contributed by atoms with Gasteiger partial charge in [0.15, 0.2) is 0 Å². The van der Waals surface area contributed by atoms with Crippen LogP contribution in [-0.4, -0.2) is 43.8 Å². The largest absolute Gasteiger partial charge is 0.355 e. The molecule has 0 saturated heterocycles. The van der Waals surface area contributed by atoms with Gasteiger partial charge in [-0.25, -0.2) is 13.1 Å². The van der Waals surface area contributed by atoms with E-state index >= 15 is 0 Å². The first-order valence-electron chi connectivity index (χ1n) is 13.2. The van der Waals surface area contributed by atoms with E-state index in [9.17, 15) is 18.0 Å². The van der Waals surface area contributed by atoms with Crippen LogP contribution < -0.4 is 10.0 Å². The van der Waals surface area contributed by atoms with Crippen LogP contribution in [0.3, 0.4) is 0 Å². The summed E-state index contributed by atoms with van der Waals surface area (Å²) in [4.78, 5) is 28.8. The maximum Gasteiger partial charge on any atom is 0.243 e. The molecule has 1 aliphatic carbocycles. The molecule has 2 amide bonds. The van der Waals surface area contributed by atoms with Crippen LogP contribution in [0, 0.1) is 0 Å². The Bertz CT molecular complexity index is 1360. The summed E-state index contributed by atoms with van der Waals surface area (Å²) in [7, 11) is -3.53. The van der Waals surface area contributed by atoms with Crippen LogP contribution in [0.5, 0.6) is 0 Å². The zero-order valence-corrected chi connectivity index (χ0v) is 23.5. The van der Waals surface area contributed by atoms with Gasteiger partial charge in [-0.3, -0.25) is 9.59 Å². The SMILES string of the molecule is CCNC(=O)[C@@H](Cc1ccccc1)N(Cc1ccc(Cl)cc1)C(=O)CCc1ccc(S(=O)(=O)NC2CC2)cc1. The van der Waals surface area contributed by atoms with Gasteiger partial charge in [-0.15, -0.1) is 0 Å². The lowest BCUT2D eigenvalue weighted by molar-refractivity contribution is -0.141. The highest BCUT2D eigenvalue weighted by Gasteiger charge is 2.30. The van der Waals surface area contributed by atoms with Crippen molar-refractivity contribution >= 4 is 33.4 Å². The summed E-state index contributed by atoms with van der Waals surface area (Å²) in [6, 6.07) is 22.9. The van der Waals surface area contributed by atoms with Gasteiger partial charge in [0.2, 0.25) is 21.8 Å². The Morgan fingerprint density at radius 1 is 0.923 bits per heavy atom. The second kappa shape index (κ2) is 13.2. The molecule has 9 heteroatoms. The monoisotopic (exact) mass is 567 g/mol. The third-order valence-corrected chi connectivity index (χ3v) is 8.44. The number of rotatable bonds is 13. The Morgan fingerprint density at radius 3 is 2.18 bits per heavy atom. The predicted octanol–water partition coefficient (Wildman–Crippen LogP) is 4.49. The summed E-state index contributed by atoms with van der Waals surface area (Å²) < 4.78 is 27.6. The zero-order valence-electron chi connectivity index (χ0n) is 22.0. The van der Waals surface area contributed by atoms with Gasteiger partial charge in [0.05, 0.1) is 4.90 Å². The van der Waals surface area contributed by atoms with Crippen molar-refractivity contribution in [2.75, 3.05) is 6.54 Å². The first-order valence-corrected chi connectivity index (χ1v) is 15.1. The van der Waals surface area contributed by atoms with Crippen LogP contribution in [0.25, 0.3) is 0 Å². The Kier molecular flexibility index (Phi) is 9.78. The summed E-state index contributed by atoms with van der Waals surface area (Å²) in [5, 5.41) is 3.49. The molecule has 0 aliphatic heterocycles. The van der Waals surface area contributed by atoms with Crippen LogP contribution in [-0.2, 0) is 39.0 Å². The van der Waals surface area contributed by atoms with Crippen LogP contribution in [0.4, 0.5) is 0 Å². The summed E-state index contributed by atoms with van der Waals surface area (Å²) in [6.07, 6.45) is 2.71. The number of halogens is 1. The highest BCUT2D eigenvalue weighted by atomic mass is 35.5. The summed E-state index contributed by atoms with van der Waals surface area (Å²) in [5.41, 5.74) is 2.67. The maximum absolute atomic E-state index is 13.7. The van der Waals surface area contributed by atoms with E-state index in [0.717, 1.165) is 29.5 Å². The van der Waals surface area contributed by atoms with Gasteiger partial charge in [-0.05, 0) is 67.1 Å².